The van der Waals surface area contributed by atoms with Gasteiger partial charge >= 0.3 is 0 Å². The summed E-state index contributed by atoms with van der Waals surface area (Å²) in [5, 5.41) is 4.41. The fourth-order valence-electron chi connectivity index (χ4n) is 2.03. The molecule has 3 aromatic rings. The molecule has 4 nitrogen and oxygen atoms in total. The first-order valence-corrected chi connectivity index (χ1v) is 6.22. The maximum absolute atomic E-state index is 4.35. The quantitative estimate of drug-likeness (QED) is 0.775. The van der Waals surface area contributed by atoms with E-state index >= 15 is 0 Å². The molecule has 1 N–H and O–H groups in total. The fourth-order valence-corrected chi connectivity index (χ4v) is 2.03. The number of benzene rings is 1. The smallest absolute Gasteiger partial charge is 0.137 e. The monoisotopic (exact) mass is 250 g/mol. The number of pyridine rings is 1. The Morgan fingerprint density at radius 1 is 0.947 bits per heavy atom. The average molecular weight is 250 g/mol. The van der Waals surface area contributed by atoms with Crippen LogP contribution >= 0.6 is 0 Å². The number of hydrogen-bond acceptors (Lipinski definition) is 4. The molecule has 0 aliphatic heterocycles. The van der Waals surface area contributed by atoms with E-state index in [1.807, 2.05) is 42.5 Å². The molecule has 0 radical (unpaired) electrons. The summed E-state index contributed by atoms with van der Waals surface area (Å²) in [5.74, 6) is 0.837. The van der Waals surface area contributed by atoms with E-state index in [1.54, 1.807) is 12.5 Å². The van der Waals surface area contributed by atoms with Crippen LogP contribution in [-0.4, -0.2) is 15.0 Å². The minimum atomic E-state index is 0.0968. The lowest BCUT2D eigenvalue weighted by Gasteiger charge is -2.15. The molecule has 3 rings (SSSR count). The summed E-state index contributed by atoms with van der Waals surface area (Å²) in [6.45, 7) is 2.07. The average Bonchev–Trinajstić information content (AvgIpc) is 2.48. The van der Waals surface area contributed by atoms with Gasteiger partial charge in [0, 0.05) is 11.6 Å². The number of aromatic nitrogens is 3. The van der Waals surface area contributed by atoms with Crippen LogP contribution in [-0.2, 0) is 0 Å². The molecule has 0 saturated carbocycles. The van der Waals surface area contributed by atoms with Crippen molar-refractivity contribution in [2.45, 2.75) is 13.0 Å². The van der Waals surface area contributed by atoms with Crippen LogP contribution in [0.4, 0.5) is 5.82 Å². The Balaban J connectivity index is 1.94. The maximum atomic E-state index is 4.35. The van der Waals surface area contributed by atoms with Crippen LogP contribution in [0.2, 0.25) is 0 Å². The molecule has 1 aromatic carbocycles. The standard InChI is InChI=1S/C15H14N4/c1-11(13-7-4-5-9-16-13)19-15-12-6-2-3-8-14(12)17-10-18-15/h2-11H,1H3,(H,17,18,19)/t11-/m0/s1. The molecule has 1 atom stereocenters. The highest BCUT2D eigenvalue weighted by atomic mass is 15.0. The highest BCUT2D eigenvalue weighted by molar-refractivity contribution is 5.88. The van der Waals surface area contributed by atoms with E-state index in [-0.39, 0.29) is 6.04 Å². The van der Waals surface area contributed by atoms with Crippen molar-refractivity contribution in [1.82, 2.24) is 15.0 Å². The van der Waals surface area contributed by atoms with E-state index in [4.69, 9.17) is 0 Å². The van der Waals surface area contributed by atoms with Crippen LogP contribution in [0.1, 0.15) is 18.7 Å². The number of nitrogens with one attached hydrogen (secondary N) is 1. The molecular formula is C15H14N4. The zero-order valence-electron chi connectivity index (χ0n) is 10.6. The lowest BCUT2D eigenvalue weighted by atomic mass is 10.2. The third-order valence-corrected chi connectivity index (χ3v) is 3.03. The van der Waals surface area contributed by atoms with Gasteiger partial charge in [0.05, 0.1) is 17.3 Å². The van der Waals surface area contributed by atoms with Crippen molar-refractivity contribution in [3.8, 4) is 0 Å². The summed E-state index contributed by atoms with van der Waals surface area (Å²) < 4.78 is 0. The van der Waals surface area contributed by atoms with Crippen molar-refractivity contribution >= 4 is 16.7 Å². The largest absolute Gasteiger partial charge is 0.361 e. The van der Waals surface area contributed by atoms with Crippen molar-refractivity contribution in [2.75, 3.05) is 5.32 Å². The summed E-state index contributed by atoms with van der Waals surface area (Å²) in [6, 6.07) is 14.0. The highest BCUT2D eigenvalue weighted by Gasteiger charge is 2.09. The second-order valence-electron chi connectivity index (χ2n) is 4.36. The van der Waals surface area contributed by atoms with Crippen molar-refractivity contribution < 1.29 is 0 Å². The third-order valence-electron chi connectivity index (χ3n) is 3.03. The minimum Gasteiger partial charge on any atom is -0.361 e. The zero-order chi connectivity index (χ0) is 13.1. The van der Waals surface area contributed by atoms with Crippen molar-refractivity contribution in [3.63, 3.8) is 0 Å². The van der Waals surface area contributed by atoms with Crippen LogP contribution in [0.25, 0.3) is 10.9 Å². The molecule has 19 heavy (non-hydrogen) atoms. The molecule has 94 valence electrons. The predicted molar refractivity (Wildman–Crippen MR) is 75.8 cm³/mol. The lowest BCUT2D eigenvalue weighted by Crippen LogP contribution is -2.09. The highest BCUT2D eigenvalue weighted by Crippen LogP contribution is 2.22. The SMILES string of the molecule is C[C@H](Nc1ncnc2ccccc12)c1ccccn1. The van der Waals surface area contributed by atoms with E-state index in [2.05, 4.69) is 27.2 Å². The summed E-state index contributed by atoms with van der Waals surface area (Å²) in [7, 11) is 0. The first kappa shape index (κ1) is 11.6. The second-order valence-corrected chi connectivity index (χ2v) is 4.36. The Hall–Kier alpha value is -2.49. The van der Waals surface area contributed by atoms with Gasteiger partial charge in [-0.15, -0.1) is 0 Å². The number of hydrogen-bond donors (Lipinski definition) is 1. The normalized spacial score (nSPS) is 12.3. The van der Waals surface area contributed by atoms with Gasteiger partial charge in [0.15, 0.2) is 0 Å². The molecule has 0 spiro atoms. The van der Waals surface area contributed by atoms with Gasteiger partial charge in [0.1, 0.15) is 12.1 Å². The molecule has 0 unspecified atom stereocenters. The van der Waals surface area contributed by atoms with Gasteiger partial charge in [-0.05, 0) is 31.2 Å². The molecule has 2 aromatic heterocycles. The molecule has 2 heterocycles. The number of anilines is 1. The maximum Gasteiger partial charge on any atom is 0.137 e. The number of para-hydroxylation sites is 1. The van der Waals surface area contributed by atoms with Gasteiger partial charge in [-0.2, -0.15) is 0 Å². The number of fused-ring (bicyclic) bond motifs is 1. The molecular weight excluding hydrogens is 236 g/mol. The molecule has 0 aliphatic carbocycles. The molecule has 4 heteroatoms. The van der Waals surface area contributed by atoms with Crippen LogP contribution in [0.15, 0.2) is 55.0 Å². The van der Waals surface area contributed by atoms with Gasteiger partial charge in [-0.1, -0.05) is 18.2 Å². The number of nitrogens with zero attached hydrogens (tertiary/aromatic N) is 3. The Labute approximate surface area is 111 Å². The van der Waals surface area contributed by atoms with Crippen molar-refractivity contribution in [3.05, 3.63) is 60.7 Å². The molecule has 0 amide bonds. The first-order valence-electron chi connectivity index (χ1n) is 6.22. The van der Waals surface area contributed by atoms with Gasteiger partial charge < -0.3 is 5.32 Å². The molecule has 0 saturated heterocycles. The van der Waals surface area contributed by atoms with Crippen LogP contribution < -0.4 is 5.32 Å². The predicted octanol–water partition coefficient (Wildman–Crippen LogP) is 3.20. The summed E-state index contributed by atoms with van der Waals surface area (Å²) in [4.78, 5) is 12.9. The molecule has 0 bridgehead atoms. The van der Waals surface area contributed by atoms with E-state index in [0.717, 1.165) is 22.4 Å². The fraction of sp³-hybridized carbons (Fsp3) is 0.133. The van der Waals surface area contributed by atoms with Crippen LogP contribution in [0.5, 0.6) is 0 Å². The molecule has 0 fully saturated rings. The Kier molecular flexibility index (Phi) is 3.06. The van der Waals surface area contributed by atoms with E-state index < -0.39 is 0 Å². The Bertz CT molecular complexity index is 677. The summed E-state index contributed by atoms with van der Waals surface area (Å²) in [5.41, 5.74) is 1.93. The molecule has 0 aliphatic rings. The number of rotatable bonds is 3. The van der Waals surface area contributed by atoms with Gasteiger partial charge in [-0.3, -0.25) is 4.98 Å². The van der Waals surface area contributed by atoms with Gasteiger partial charge in [0.25, 0.3) is 0 Å². The van der Waals surface area contributed by atoms with E-state index in [1.165, 1.54) is 0 Å². The topological polar surface area (TPSA) is 50.7 Å². The Morgan fingerprint density at radius 3 is 2.63 bits per heavy atom. The zero-order valence-corrected chi connectivity index (χ0v) is 10.6. The second kappa shape index (κ2) is 5.02. The minimum absolute atomic E-state index is 0.0968. The van der Waals surface area contributed by atoms with Crippen molar-refractivity contribution in [1.29, 1.82) is 0 Å². The van der Waals surface area contributed by atoms with Gasteiger partial charge in [0.2, 0.25) is 0 Å². The third kappa shape index (κ3) is 2.38. The Morgan fingerprint density at radius 2 is 1.79 bits per heavy atom. The first-order chi connectivity index (χ1) is 9.34. The van der Waals surface area contributed by atoms with Crippen LogP contribution in [0, 0.1) is 0 Å². The van der Waals surface area contributed by atoms with E-state index in [9.17, 15) is 0 Å². The van der Waals surface area contributed by atoms with Crippen molar-refractivity contribution in [2.24, 2.45) is 0 Å². The summed E-state index contributed by atoms with van der Waals surface area (Å²) in [6.07, 6.45) is 3.38. The van der Waals surface area contributed by atoms with Gasteiger partial charge in [-0.25, -0.2) is 9.97 Å². The van der Waals surface area contributed by atoms with Crippen LogP contribution in [0.3, 0.4) is 0 Å². The summed E-state index contributed by atoms with van der Waals surface area (Å²) >= 11 is 0. The van der Waals surface area contributed by atoms with E-state index in [0.29, 0.717) is 0 Å². The lowest BCUT2D eigenvalue weighted by molar-refractivity contribution is 0.833.